The predicted molar refractivity (Wildman–Crippen MR) is 145 cm³/mol. The van der Waals surface area contributed by atoms with Gasteiger partial charge in [-0.1, -0.05) is 72.0 Å². The summed E-state index contributed by atoms with van der Waals surface area (Å²) in [4.78, 5) is 31.4. The van der Waals surface area contributed by atoms with Crippen LogP contribution in [-0.4, -0.2) is 32.8 Å². The van der Waals surface area contributed by atoms with Gasteiger partial charge in [-0.25, -0.2) is 0 Å². The number of amides is 1. The molecule has 0 saturated carbocycles. The highest BCUT2D eigenvalue weighted by Gasteiger charge is 2.33. The lowest BCUT2D eigenvalue weighted by atomic mass is 10.1. The average molecular weight is 510 g/mol. The van der Waals surface area contributed by atoms with Gasteiger partial charge in [0.1, 0.15) is 4.32 Å². The Morgan fingerprint density at radius 3 is 2.50 bits per heavy atom. The summed E-state index contributed by atoms with van der Waals surface area (Å²) in [6, 6.07) is 15.4. The van der Waals surface area contributed by atoms with E-state index in [9.17, 15) is 9.59 Å². The molecule has 2 aliphatic heterocycles. The Balaban J connectivity index is 1.62. The zero-order chi connectivity index (χ0) is 23.8. The Kier molecular flexibility index (Phi) is 6.51. The van der Waals surface area contributed by atoms with E-state index in [1.165, 1.54) is 11.8 Å². The maximum absolute atomic E-state index is 13.7. The fourth-order valence-corrected chi connectivity index (χ4v) is 6.13. The molecule has 0 bridgehead atoms. The molecule has 0 aliphatic carbocycles. The normalized spacial score (nSPS) is 17.5. The van der Waals surface area contributed by atoms with Crippen LogP contribution in [0, 0.1) is 0 Å². The number of thioether (sulfide) groups is 1. The van der Waals surface area contributed by atoms with Crippen LogP contribution in [0.15, 0.2) is 58.2 Å². The molecule has 174 valence electrons. The average Bonchev–Trinajstić information content (AvgIpc) is 3.45. The first-order valence-electron chi connectivity index (χ1n) is 11.4. The van der Waals surface area contributed by atoms with Crippen LogP contribution in [-0.2, 0) is 17.9 Å². The summed E-state index contributed by atoms with van der Waals surface area (Å²) in [7, 11) is 0. The number of benzene rings is 2. The summed E-state index contributed by atoms with van der Waals surface area (Å²) in [5, 5.41) is 1.63. The number of carbonyl (C=O) groups excluding carboxylic acids is 1. The summed E-state index contributed by atoms with van der Waals surface area (Å²) < 4.78 is 2.25. The largest absolute Gasteiger partial charge is 0.370 e. The summed E-state index contributed by atoms with van der Waals surface area (Å²) in [5.41, 5.74) is 3.14. The minimum atomic E-state index is -0.196. The van der Waals surface area contributed by atoms with E-state index in [2.05, 4.69) is 11.0 Å². The van der Waals surface area contributed by atoms with Crippen LogP contribution in [0.3, 0.4) is 0 Å². The van der Waals surface area contributed by atoms with Gasteiger partial charge in [0.25, 0.3) is 11.5 Å². The van der Waals surface area contributed by atoms with Crippen LogP contribution in [0.5, 0.6) is 0 Å². The molecule has 5 rings (SSSR count). The van der Waals surface area contributed by atoms with E-state index in [0.29, 0.717) is 32.9 Å². The van der Waals surface area contributed by atoms with E-state index in [0.717, 1.165) is 48.1 Å². The SMILES string of the molecule is CCn1c(=O)c(C=C2SC(=S)N(Cc3ccccc3Cl)C2=O)c(N2CCCC2)c2ccccc21. The summed E-state index contributed by atoms with van der Waals surface area (Å²) in [6.45, 7) is 4.61. The fourth-order valence-electron chi connectivity index (χ4n) is 4.70. The van der Waals surface area contributed by atoms with Crippen molar-refractivity contribution in [2.45, 2.75) is 32.9 Å². The van der Waals surface area contributed by atoms with Gasteiger partial charge in [-0.15, -0.1) is 0 Å². The molecule has 2 aromatic carbocycles. The molecular formula is C26H24ClN3O2S2. The zero-order valence-corrected chi connectivity index (χ0v) is 21.2. The lowest BCUT2D eigenvalue weighted by molar-refractivity contribution is -0.122. The van der Waals surface area contributed by atoms with Crippen LogP contribution < -0.4 is 10.5 Å². The Bertz CT molecular complexity index is 1390. The second kappa shape index (κ2) is 9.56. The van der Waals surface area contributed by atoms with Crippen LogP contribution in [0.2, 0.25) is 5.02 Å². The number of hydrogen-bond acceptors (Lipinski definition) is 5. The molecule has 1 amide bonds. The van der Waals surface area contributed by atoms with Crippen molar-refractivity contribution >= 4 is 68.5 Å². The molecule has 1 aromatic heterocycles. The van der Waals surface area contributed by atoms with Crippen molar-refractivity contribution in [1.29, 1.82) is 0 Å². The van der Waals surface area contributed by atoms with E-state index >= 15 is 0 Å². The van der Waals surface area contributed by atoms with Crippen molar-refractivity contribution in [3.05, 3.63) is 79.9 Å². The second-order valence-electron chi connectivity index (χ2n) is 8.38. The van der Waals surface area contributed by atoms with Crippen molar-refractivity contribution in [2.24, 2.45) is 0 Å². The molecule has 34 heavy (non-hydrogen) atoms. The van der Waals surface area contributed by atoms with E-state index in [1.807, 2.05) is 43.3 Å². The molecule has 3 aromatic rings. The lowest BCUT2D eigenvalue weighted by Gasteiger charge is -2.24. The number of halogens is 1. The molecule has 0 N–H and O–H groups in total. The van der Waals surface area contributed by atoms with Crippen LogP contribution in [0.1, 0.15) is 30.9 Å². The van der Waals surface area contributed by atoms with Gasteiger partial charge in [0.2, 0.25) is 0 Å². The van der Waals surface area contributed by atoms with E-state index in [-0.39, 0.29) is 11.5 Å². The topological polar surface area (TPSA) is 45.6 Å². The second-order valence-corrected chi connectivity index (χ2v) is 10.5. The quantitative estimate of drug-likeness (QED) is 0.327. The van der Waals surface area contributed by atoms with Gasteiger partial charge in [0.05, 0.1) is 28.2 Å². The Hall–Kier alpha value is -2.61. The van der Waals surface area contributed by atoms with E-state index in [4.69, 9.17) is 23.8 Å². The monoisotopic (exact) mass is 509 g/mol. The number of pyridine rings is 1. The summed E-state index contributed by atoms with van der Waals surface area (Å²) in [6.07, 6.45) is 3.93. The first-order chi connectivity index (χ1) is 16.5. The smallest absolute Gasteiger partial charge is 0.266 e. The molecular weight excluding hydrogens is 486 g/mol. The third-order valence-electron chi connectivity index (χ3n) is 6.35. The molecule has 0 atom stereocenters. The van der Waals surface area contributed by atoms with E-state index in [1.54, 1.807) is 21.6 Å². The number of aromatic nitrogens is 1. The third-order valence-corrected chi connectivity index (χ3v) is 8.10. The number of fused-ring (bicyclic) bond motifs is 1. The standard InChI is InChI=1S/C26H24ClN3O2S2/c1-2-29-21-12-6-4-10-18(21)23(28-13-7-8-14-28)19(24(29)31)15-22-25(32)30(26(33)34-22)16-17-9-3-5-11-20(17)27/h3-6,9-12,15H,2,7-8,13-14,16H2,1H3. The lowest BCUT2D eigenvalue weighted by Crippen LogP contribution is -2.29. The van der Waals surface area contributed by atoms with Crippen molar-refractivity contribution < 1.29 is 4.79 Å². The van der Waals surface area contributed by atoms with Gasteiger partial charge in [-0.05, 0) is 43.5 Å². The molecule has 0 unspecified atom stereocenters. The minimum absolute atomic E-state index is 0.0838. The molecule has 2 aliphatic rings. The highest BCUT2D eigenvalue weighted by Crippen LogP contribution is 2.38. The maximum Gasteiger partial charge on any atom is 0.266 e. The molecule has 3 heterocycles. The Morgan fingerprint density at radius 2 is 1.76 bits per heavy atom. The molecule has 8 heteroatoms. The number of rotatable bonds is 5. The van der Waals surface area contributed by atoms with Gasteiger partial charge in [-0.3, -0.25) is 14.5 Å². The van der Waals surface area contributed by atoms with E-state index < -0.39 is 0 Å². The van der Waals surface area contributed by atoms with Gasteiger partial charge in [-0.2, -0.15) is 0 Å². The number of carbonyl (C=O) groups is 1. The van der Waals surface area contributed by atoms with Gasteiger partial charge in [0.15, 0.2) is 0 Å². The van der Waals surface area contributed by atoms with Crippen molar-refractivity contribution in [1.82, 2.24) is 9.47 Å². The van der Waals surface area contributed by atoms with Crippen molar-refractivity contribution in [3.8, 4) is 0 Å². The maximum atomic E-state index is 13.7. The fraction of sp³-hybridized carbons (Fsp3) is 0.269. The van der Waals surface area contributed by atoms with Crippen LogP contribution in [0.25, 0.3) is 17.0 Å². The number of anilines is 1. The number of nitrogens with zero attached hydrogens (tertiary/aromatic N) is 3. The summed E-state index contributed by atoms with van der Waals surface area (Å²) in [5.74, 6) is -0.196. The highest BCUT2D eigenvalue weighted by atomic mass is 35.5. The number of para-hydroxylation sites is 1. The molecule has 5 nitrogen and oxygen atoms in total. The van der Waals surface area contributed by atoms with Gasteiger partial charge in [0, 0.05) is 30.0 Å². The third kappa shape index (κ3) is 4.06. The minimum Gasteiger partial charge on any atom is -0.370 e. The molecule has 0 radical (unpaired) electrons. The first kappa shape index (κ1) is 23.1. The number of thiocarbonyl (C=S) groups is 1. The molecule has 2 fully saturated rings. The van der Waals surface area contributed by atoms with Crippen molar-refractivity contribution in [2.75, 3.05) is 18.0 Å². The predicted octanol–water partition coefficient (Wildman–Crippen LogP) is 5.68. The molecule has 2 saturated heterocycles. The number of hydrogen-bond donors (Lipinski definition) is 0. The first-order valence-corrected chi connectivity index (χ1v) is 13.0. The van der Waals surface area contributed by atoms with Gasteiger partial charge >= 0.3 is 0 Å². The van der Waals surface area contributed by atoms with Crippen LogP contribution in [0.4, 0.5) is 5.69 Å². The Morgan fingerprint density at radius 1 is 1.06 bits per heavy atom. The highest BCUT2D eigenvalue weighted by molar-refractivity contribution is 8.26. The number of aryl methyl sites for hydroxylation is 1. The van der Waals surface area contributed by atoms with Crippen LogP contribution >= 0.6 is 35.6 Å². The van der Waals surface area contributed by atoms with Gasteiger partial charge < -0.3 is 9.47 Å². The Labute approximate surface area is 213 Å². The summed E-state index contributed by atoms with van der Waals surface area (Å²) >= 11 is 13.1. The van der Waals surface area contributed by atoms with Crippen molar-refractivity contribution in [3.63, 3.8) is 0 Å². The molecule has 0 spiro atoms. The zero-order valence-electron chi connectivity index (χ0n) is 18.8.